The fraction of sp³-hybridized carbons (Fsp3) is 0.476. The van der Waals surface area contributed by atoms with Crippen molar-refractivity contribution in [3.63, 3.8) is 0 Å². The molecule has 1 aromatic heterocycles. The molecule has 0 spiro atoms. The van der Waals surface area contributed by atoms with Gasteiger partial charge in [0.15, 0.2) is 5.69 Å². The predicted molar refractivity (Wildman–Crippen MR) is 113 cm³/mol. The Morgan fingerprint density at radius 3 is 2.46 bits per heavy atom. The number of hydrogen-bond acceptors (Lipinski definition) is 4. The van der Waals surface area contributed by atoms with Crippen LogP contribution in [0.5, 0.6) is 0 Å². The molecule has 2 aromatic rings. The summed E-state index contributed by atoms with van der Waals surface area (Å²) in [6.07, 6.45) is 2.53. The summed E-state index contributed by atoms with van der Waals surface area (Å²) in [6, 6.07) is 9.78. The fourth-order valence-electron chi connectivity index (χ4n) is 3.23. The van der Waals surface area contributed by atoms with E-state index in [1.54, 1.807) is 0 Å². The number of nitrogen functional groups attached to an aromatic ring is 1. The van der Waals surface area contributed by atoms with Gasteiger partial charge in [-0.2, -0.15) is 0 Å². The highest BCUT2D eigenvalue weighted by Crippen LogP contribution is 2.24. The minimum absolute atomic E-state index is 0.000297. The second-order valence-corrected chi connectivity index (χ2v) is 7.06. The van der Waals surface area contributed by atoms with Crippen LogP contribution in [-0.4, -0.2) is 22.0 Å². The van der Waals surface area contributed by atoms with E-state index >= 15 is 0 Å². The van der Waals surface area contributed by atoms with E-state index < -0.39 is 11.2 Å². The summed E-state index contributed by atoms with van der Waals surface area (Å²) in [4.78, 5) is 41.5. The van der Waals surface area contributed by atoms with Crippen molar-refractivity contribution in [3.05, 3.63) is 56.7 Å². The SMILES string of the molecule is CCCCN(C(=O)CC(C)c1ccccc1)c1c(N)n(CCC)c(=O)[nH]c1=O. The van der Waals surface area contributed by atoms with Crippen molar-refractivity contribution >= 4 is 17.4 Å². The molecule has 7 heteroatoms. The standard InChI is InChI=1S/C21H30N4O3/c1-4-6-13-24(17(26)14-15(3)16-10-8-7-9-11-16)18-19(22)25(12-5-2)21(28)23-20(18)27/h7-11,15H,4-6,12-14,22H2,1-3H3,(H,23,27,28). The summed E-state index contributed by atoms with van der Waals surface area (Å²) < 4.78 is 1.32. The maximum absolute atomic E-state index is 13.1. The number of carbonyl (C=O) groups excluding carboxylic acids is 1. The molecule has 1 amide bonds. The molecule has 3 N–H and O–H groups in total. The van der Waals surface area contributed by atoms with Crippen LogP contribution in [0.4, 0.5) is 11.5 Å². The van der Waals surface area contributed by atoms with Crippen LogP contribution >= 0.6 is 0 Å². The van der Waals surface area contributed by atoms with Gasteiger partial charge in [-0.1, -0.05) is 57.5 Å². The van der Waals surface area contributed by atoms with Crippen molar-refractivity contribution in [3.8, 4) is 0 Å². The van der Waals surface area contributed by atoms with Gasteiger partial charge in [0, 0.05) is 19.5 Å². The molecule has 0 fully saturated rings. The van der Waals surface area contributed by atoms with Crippen molar-refractivity contribution in [2.24, 2.45) is 0 Å². The lowest BCUT2D eigenvalue weighted by Crippen LogP contribution is -2.42. The summed E-state index contributed by atoms with van der Waals surface area (Å²) in [5.74, 6) is -0.129. The minimum Gasteiger partial charge on any atom is -0.383 e. The Hall–Kier alpha value is -2.83. The molecule has 0 aliphatic rings. The highest BCUT2D eigenvalue weighted by atomic mass is 16.2. The summed E-state index contributed by atoms with van der Waals surface area (Å²) in [7, 11) is 0. The fourth-order valence-corrected chi connectivity index (χ4v) is 3.23. The zero-order valence-electron chi connectivity index (χ0n) is 16.9. The van der Waals surface area contributed by atoms with Crippen LogP contribution in [0.1, 0.15) is 57.9 Å². The molecule has 7 nitrogen and oxygen atoms in total. The van der Waals surface area contributed by atoms with Gasteiger partial charge in [-0.3, -0.25) is 19.1 Å². The number of amides is 1. The molecule has 2 rings (SSSR count). The monoisotopic (exact) mass is 386 g/mol. The van der Waals surface area contributed by atoms with Gasteiger partial charge in [-0.15, -0.1) is 0 Å². The highest BCUT2D eigenvalue weighted by molar-refractivity contribution is 5.96. The first kappa shape index (κ1) is 21.5. The van der Waals surface area contributed by atoms with E-state index in [2.05, 4.69) is 4.98 Å². The van der Waals surface area contributed by atoms with Gasteiger partial charge in [-0.05, 0) is 24.3 Å². The third kappa shape index (κ3) is 4.91. The van der Waals surface area contributed by atoms with Crippen molar-refractivity contribution in [2.75, 3.05) is 17.2 Å². The van der Waals surface area contributed by atoms with Gasteiger partial charge in [0.25, 0.3) is 5.56 Å². The zero-order chi connectivity index (χ0) is 20.7. The highest BCUT2D eigenvalue weighted by Gasteiger charge is 2.25. The molecule has 1 aromatic carbocycles. The Labute approximate surface area is 165 Å². The lowest BCUT2D eigenvalue weighted by atomic mass is 9.97. The third-order valence-corrected chi connectivity index (χ3v) is 4.82. The molecule has 0 saturated heterocycles. The number of nitrogens with two attached hydrogens (primary N) is 1. The Bertz CT molecular complexity index is 902. The van der Waals surface area contributed by atoms with Gasteiger partial charge in [-0.25, -0.2) is 4.79 Å². The number of benzene rings is 1. The van der Waals surface area contributed by atoms with E-state index in [-0.39, 0.29) is 29.8 Å². The zero-order valence-corrected chi connectivity index (χ0v) is 16.9. The lowest BCUT2D eigenvalue weighted by molar-refractivity contribution is -0.119. The van der Waals surface area contributed by atoms with Crippen molar-refractivity contribution < 1.29 is 4.79 Å². The first-order valence-corrected chi connectivity index (χ1v) is 9.88. The topological polar surface area (TPSA) is 101 Å². The Morgan fingerprint density at radius 2 is 1.86 bits per heavy atom. The van der Waals surface area contributed by atoms with Crippen LogP contribution < -0.4 is 21.9 Å². The van der Waals surface area contributed by atoms with Gasteiger partial charge in [0.2, 0.25) is 5.91 Å². The Morgan fingerprint density at radius 1 is 1.18 bits per heavy atom. The molecular weight excluding hydrogens is 356 g/mol. The second-order valence-electron chi connectivity index (χ2n) is 7.06. The van der Waals surface area contributed by atoms with E-state index in [9.17, 15) is 14.4 Å². The molecule has 0 saturated carbocycles. The molecule has 1 unspecified atom stereocenters. The van der Waals surface area contributed by atoms with Gasteiger partial charge >= 0.3 is 5.69 Å². The molecule has 1 heterocycles. The van der Waals surface area contributed by atoms with Crippen LogP contribution in [0.2, 0.25) is 0 Å². The molecule has 152 valence electrons. The maximum atomic E-state index is 13.1. The van der Waals surface area contributed by atoms with E-state index in [4.69, 9.17) is 5.73 Å². The van der Waals surface area contributed by atoms with E-state index in [0.29, 0.717) is 19.5 Å². The van der Waals surface area contributed by atoms with Crippen LogP contribution in [-0.2, 0) is 11.3 Å². The summed E-state index contributed by atoms with van der Waals surface area (Å²) in [5.41, 5.74) is 6.14. The van der Waals surface area contributed by atoms with E-state index in [0.717, 1.165) is 18.4 Å². The quantitative estimate of drug-likeness (QED) is 0.692. The summed E-state index contributed by atoms with van der Waals surface area (Å²) in [6.45, 7) is 6.68. The minimum atomic E-state index is -0.619. The average molecular weight is 386 g/mol. The Balaban J connectivity index is 2.40. The number of aromatic amines is 1. The molecular formula is C21H30N4O3. The number of hydrogen-bond donors (Lipinski definition) is 2. The van der Waals surface area contributed by atoms with Crippen LogP contribution in [0.3, 0.4) is 0 Å². The third-order valence-electron chi connectivity index (χ3n) is 4.82. The van der Waals surface area contributed by atoms with Crippen LogP contribution in [0.15, 0.2) is 39.9 Å². The molecule has 28 heavy (non-hydrogen) atoms. The largest absolute Gasteiger partial charge is 0.383 e. The molecule has 1 atom stereocenters. The first-order chi connectivity index (χ1) is 13.4. The van der Waals surface area contributed by atoms with Crippen molar-refractivity contribution in [1.82, 2.24) is 9.55 Å². The number of rotatable bonds is 9. The molecule has 0 radical (unpaired) electrons. The molecule has 0 aliphatic heterocycles. The number of anilines is 2. The van der Waals surface area contributed by atoms with E-state index in [1.807, 2.05) is 51.1 Å². The normalized spacial score (nSPS) is 12.0. The number of carbonyl (C=O) groups is 1. The number of unbranched alkanes of at least 4 members (excludes halogenated alkanes) is 1. The smallest absolute Gasteiger partial charge is 0.330 e. The van der Waals surface area contributed by atoms with E-state index in [1.165, 1.54) is 9.47 Å². The summed E-state index contributed by atoms with van der Waals surface area (Å²) in [5, 5.41) is 0. The van der Waals surface area contributed by atoms with Gasteiger partial charge < -0.3 is 10.6 Å². The predicted octanol–water partition coefficient (Wildman–Crippen LogP) is 2.86. The van der Waals surface area contributed by atoms with Gasteiger partial charge in [0.1, 0.15) is 5.82 Å². The number of nitrogens with one attached hydrogen (secondary N) is 1. The molecule has 0 bridgehead atoms. The lowest BCUT2D eigenvalue weighted by Gasteiger charge is -2.25. The van der Waals surface area contributed by atoms with Crippen LogP contribution in [0.25, 0.3) is 0 Å². The number of nitrogens with zero attached hydrogens (tertiary/aromatic N) is 2. The second kappa shape index (κ2) is 9.92. The summed E-state index contributed by atoms with van der Waals surface area (Å²) >= 11 is 0. The first-order valence-electron chi connectivity index (χ1n) is 9.88. The van der Waals surface area contributed by atoms with Crippen LogP contribution in [0, 0.1) is 0 Å². The van der Waals surface area contributed by atoms with Crippen molar-refractivity contribution in [1.29, 1.82) is 0 Å². The van der Waals surface area contributed by atoms with Gasteiger partial charge in [0.05, 0.1) is 0 Å². The average Bonchev–Trinajstić information content (AvgIpc) is 2.68. The molecule has 0 aliphatic carbocycles. The maximum Gasteiger partial charge on any atom is 0.330 e. The Kier molecular flexibility index (Phi) is 7.61. The number of H-pyrrole nitrogens is 1. The number of aromatic nitrogens is 2. The van der Waals surface area contributed by atoms with Crippen molar-refractivity contribution in [2.45, 2.75) is 58.9 Å².